The smallest absolute Gasteiger partial charge is 0.410 e. The van der Waals surface area contributed by atoms with Gasteiger partial charge in [0.05, 0.1) is 16.6 Å². The summed E-state index contributed by atoms with van der Waals surface area (Å²) in [6.45, 7) is 11.0. The quantitative estimate of drug-likeness (QED) is 0.470. The summed E-state index contributed by atoms with van der Waals surface area (Å²) in [6.07, 6.45) is 0.452. The summed E-state index contributed by atoms with van der Waals surface area (Å²) in [5.74, 6) is 0. The number of nitrogens with zero attached hydrogens (tertiary/aromatic N) is 6. The van der Waals surface area contributed by atoms with E-state index in [0.29, 0.717) is 30.0 Å². The maximum atomic E-state index is 13.3. The van der Waals surface area contributed by atoms with Crippen LogP contribution in [0.3, 0.4) is 0 Å². The maximum Gasteiger partial charge on any atom is 0.410 e. The second-order valence-electron chi connectivity index (χ2n) is 11.1. The van der Waals surface area contributed by atoms with Crippen molar-refractivity contribution < 1.29 is 22.5 Å². The van der Waals surface area contributed by atoms with Crippen molar-refractivity contribution in [1.82, 2.24) is 29.6 Å². The van der Waals surface area contributed by atoms with Gasteiger partial charge in [-0.05, 0) is 59.6 Å². The third kappa shape index (κ3) is 5.52. The van der Waals surface area contributed by atoms with Crippen LogP contribution >= 0.6 is 11.3 Å². The highest BCUT2D eigenvalue weighted by molar-refractivity contribution is 7.83. The van der Waals surface area contributed by atoms with Crippen LogP contribution in [0.25, 0.3) is 16.0 Å². The zero-order chi connectivity index (χ0) is 27.4. The van der Waals surface area contributed by atoms with Crippen LogP contribution in [0.2, 0.25) is 0 Å². The summed E-state index contributed by atoms with van der Waals surface area (Å²) in [4.78, 5) is 17.1. The van der Waals surface area contributed by atoms with Gasteiger partial charge in [-0.25, -0.2) is 27.2 Å². The molecule has 10 nitrogen and oxygen atoms in total. The van der Waals surface area contributed by atoms with Gasteiger partial charge in [0.25, 0.3) is 6.43 Å². The Morgan fingerprint density at radius 2 is 2.00 bits per heavy atom. The van der Waals surface area contributed by atoms with Gasteiger partial charge < -0.3 is 14.5 Å². The number of benzene rings is 1. The summed E-state index contributed by atoms with van der Waals surface area (Å²) >= 11 is 0.763. The highest BCUT2D eigenvalue weighted by Crippen LogP contribution is 2.37. The first-order valence-electron chi connectivity index (χ1n) is 12.4. The Hall–Kier alpha value is -2.71. The van der Waals surface area contributed by atoms with Crippen molar-refractivity contribution in [3.8, 4) is 5.13 Å². The molecule has 1 saturated heterocycles. The predicted octanol–water partition coefficient (Wildman–Crippen LogP) is 4.42. The van der Waals surface area contributed by atoms with Crippen LogP contribution in [0.1, 0.15) is 58.9 Å². The standard InChI is InChI=1S/C24H31F2N7O3S2/c1-14-13-31(8-9-32(14)22(34)36-23(2,3)4)17-10-15(38(35)30-24(5)6-7-24)11-18-16(17)12-27-33(18)21-29-28-20(37-21)19(25)26/h10-12,14,19,30H,6-9,13H2,1-5H3. The van der Waals surface area contributed by atoms with E-state index in [1.54, 1.807) is 17.2 Å². The van der Waals surface area contributed by atoms with Gasteiger partial charge in [0, 0.05) is 42.3 Å². The van der Waals surface area contributed by atoms with E-state index in [0.717, 1.165) is 35.3 Å². The van der Waals surface area contributed by atoms with Gasteiger partial charge in [-0.3, -0.25) is 0 Å². The lowest BCUT2D eigenvalue weighted by molar-refractivity contribution is 0.0159. The molecule has 1 amide bonds. The predicted molar refractivity (Wildman–Crippen MR) is 141 cm³/mol. The Morgan fingerprint density at radius 3 is 2.61 bits per heavy atom. The summed E-state index contributed by atoms with van der Waals surface area (Å²) in [5.41, 5.74) is 0.633. The summed E-state index contributed by atoms with van der Waals surface area (Å²) in [7, 11) is -1.50. The van der Waals surface area contributed by atoms with Crippen molar-refractivity contribution in [2.24, 2.45) is 0 Å². The lowest BCUT2D eigenvalue weighted by Gasteiger charge is -2.41. The topological polar surface area (TPSA) is 105 Å². The van der Waals surface area contributed by atoms with Gasteiger partial charge in [0.15, 0.2) is 5.01 Å². The molecule has 1 aliphatic carbocycles. The highest BCUT2D eigenvalue weighted by atomic mass is 32.2. The third-order valence-electron chi connectivity index (χ3n) is 6.59. The minimum Gasteiger partial charge on any atom is -0.444 e. The fraction of sp³-hybridized carbons (Fsp3) is 0.583. The van der Waals surface area contributed by atoms with Crippen LogP contribution in [0, 0.1) is 0 Å². The molecule has 1 aromatic carbocycles. The number of ether oxygens (including phenoxy) is 1. The van der Waals surface area contributed by atoms with E-state index in [1.807, 2.05) is 40.7 Å². The van der Waals surface area contributed by atoms with Crippen LogP contribution in [0.15, 0.2) is 23.2 Å². The molecule has 1 aliphatic heterocycles. The summed E-state index contributed by atoms with van der Waals surface area (Å²) in [5, 5.41) is 12.5. The molecule has 2 unspecified atom stereocenters. The number of halogens is 2. The van der Waals surface area contributed by atoms with E-state index in [1.165, 1.54) is 4.68 Å². The molecule has 5 rings (SSSR count). The molecular formula is C24H31F2N7O3S2. The lowest BCUT2D eigenvalue weighted by atomic mass is 10.1. The second kappa shape index (κ2) is 9.79. The Labute approximate surface area is 225 Å². The molecule has 3 heterocycles. The molecule has 2 fully saturated rings. The zero-order valence-electron chi connectivity index (χ0n) is 21.9. The third-order valence-corrected chi connectivity index (χ3v) is 8.84. The molecule has 14 heteroatoms. The molecule has 1 saturated carbocycles. The molecule has 2 aromatic heterocycles. The van der Waals surface area contributed by atoms with Crippen molar-refractivity contribution in [3.05, 3.63) is 23.3 Å². The molecule has 0 radical (unpaired) electrons. The first-order chi connectivity index (χ1) is 17.8. The number of aromatic nitrogens is 4. The number of hydrogen-bond donors (Lipinski definition) is 1. The number of anilines is 1. The molecule has 3 aromatic rings. The number of nitrogens with one attached hydrogen (secondary N) is 1. The molecule has 38 heavy (non-hydrogen) atoms. The van der Waals surface area contributed by atoms with Crippen LogP contribution in [-0.4, -0.2) is 72.0 Å². The van der Waals surface area contributed by atoms with Gasteiger partial charge in [-0.1, -0.05) is 11.3 Å². The van der Waals surface area contributed by atoms with Crippen molar-refractivity contribution in [1.29, 1.82) is 0 Å². The largest absolute Gasteiger partial charge is 0.444 e. The number of alkyl halides is 2. The molecule has 2 aliphatic rings. The van der Waals surface area contributed by atoms with Crippen molar-refractivity contribution in [2.45, 2.75) is 76.0 Å². The molecule has 206 valence electrons. The fourth-order valence-corrected chi connectivity index (χ4v) is 6.22. The van der Waals surface area contributed by atoms with Crippen molar-refractivity contribution in [2.75, 3.05) is 24.5 Å². The molecule has 0 bridgehead atoms. The highest BCUT2D eigenvalue weighted by Gasteiger charge is 2.39. The normalized spacial score (nSPS) is 20.3. The van der Waals surface area contributed by atoms with Crippen LogP contribution in [-0.2, 0) is 15.7 Å². The van der Waals surface area contributed by atoms with Crippen LogP contribution < -0.4 is 9.62 Å². The van der Waals surface area contributed by atoms with Gasteiger partial charge in [0.2, 0.25) is 5.13 Å². The molecule has 0 spiro atoms. The van der Waals surface area contributed by atoms with Gasteiger partial charge in [-0.15, -0.1) is 10.2 Å². The number of amides is 1. The molecule has 1 N–H and O–H groups in total. The van der Waals surface area contributed by atoms with Crippen LogP contribution in [0.4, 0.5) is 19.3 Å². The van der Waals surface area contributed by atoms with Gasteiger partial charge in [-0.2, -0.15) is 5.10 Å². The van der Waals surface area contributed by atoms with E-state index in [2.05, 4.69) is 24.9 Å². The minimum atomic E-state index is -2.73. The fourth-order valence-electron chi connectivity index (χ4n) is 4.34. The first kappa shape index (κ1) is 26.9. The maximum absolute atomic E-state index is 13.3. The Morgan fingerprint density at radius 1 is 1.26 bits per heavy atom. The number of carbonyl (C=O) groups is 1. The number of piperazine rings is 1. The molecular weight excluding hydrogens is 536 g/mol. The Kier molecular flexibility index (Phi) is 6.93. The zero-order valence-corrected chi connectivity index (χ0v) is 23.5. The second-order valence-corrected chi connectivity index (χ2v) is 13.3. The molecule has 2 atom stereocenters. The van der Waals surface area contributed by atoms with E-state index in [-0.39, 0.29) is 27.8 Å². The minimum absolute atomic E-state index is 0.141. The number of carbonyl (C=O) groups excluding carboxylic acids is 1. The first-order valence-corrected chi connectivity index (χ1v) is 14.4. The van der Waals surface area contributed by atoms with Crippen LogP contribution in [0.5, 0.6) is 0 Å². The summed E-state index contributed by atoms with van der Waals surface area (Å²) < 4.78 is 49.9. The lowest BCUT2D eigenvalue weighted by Crippen LogP contribution is -2.55. The van der Waals surface area contributed by atoms with E-state index < -0.39 is 23.0 Å². The number of hydrogen-bond acceptors (Lipinski definition) is 8. The van der Waals surface area contributed by atoms with Crippen molar-refractivity contribution in [3.63, 3.8) is 0 Å². The Balaban J connectivity index is 1.50. The summed E-state index contributed by atoms with van der Waals surface area (Å²) in [6, 6.07) is 3.49. The number of fused-ring (bicyclic) bond motifs is 1. The average molecular weight is 568 g/mol. The average Bonchev–Trinajstić information content (AvgIpc) is 3.22. The van der Waals surface area contributed by atoms with E-state index in [9.17, 15) is 17.8 Å². The van der Waals surface area contributed by atoms with E-state index in [4.69, 9.17) is 4.74 Å². The van der Waals surface area contributed by atoms with Gasteiger partial charge in [0.1, 0.15) is 16.6 Å². The van der Waals surface area contributed by atoms with E-state index >= 15 is 0 Å². The SMILES string of the molecule is CC1CN(c2cc(S(=O)NC3(C)CC3)cc3c2cnn3-c2nnc(C(F)F)s2)CCN1C(=O)OC(C)(C)C. The van der Waals surface area contributed by atoms with Crippen molar-refractivity contribution >= 4 is 45.0 Å². The van der Waals surface area contributed by atoms with Gasteiger partial charge >= 0.3 is 6.09 Å². The Bertz CT molecular complexity index is 1380. The monoisotopic (exact) mass is 567 g/mol. The number of rotatable bonds is 6.